The van der Waals surface area contributed by atoms with E-state index >= 15 is 0 Å². The van der Waals surface area contributed by atoms with Crippen molar-refractivity contribution >= 4 is 11.6 Å². The number of rotatable bonds is 4. The summed E-state index contributed by atoms with van der Waals surface area (Å²) in [5.74, 6) is 0. The Morgan fingerprint density at radius 2 is 2.35 bits per heavy atom. The van der Waals surface area contributed by atoms with Gasteiger partial charge in [-0.1, -0.05) is 18.5 Å². The van der Waals surface area contributed by atoms with Crippen LogP contribution in [0.15, 0.2) is 0 Å². The molecule has 96 valence electrons. The number of ether oxygens (including phenoxy) is 1. The molecule has 4 nitrogen and oxygen atoms in total. The molecule has 0 spiro atoms. The molecule has 1 aromatic heterocycles. The molecule has 0 aliphatic carbocycles. The van der Waals surface area contributed by atoms with Crippen LogP contribution < -0.4 is 5.73 Å². The minimum Gasteiger partial charge on any atom is -0.381 e. The predicted molar refractivity (Wildman–Crippen MR) is 68.2 cm³/mol. The molecular weight excluding hydrogens is 238 g/mol. The average Bonchev–Trinajstić information content (AvgIpc) is 2.90. The van der Waals surface area contributed by atoms with Gasteiger partial charge in [0.05, 0.1) is 23.0 Å². The zero-order valence-corrected chi connectivity index (χ0v) is 11.3. The van der Waals surface area contributed by atoms with Gasteiger partial charge in [-0.05, 0) is 19.3 Å². The lowest BCUT2D eigenvalue weighted by Gasteiger charge is -2.25. The van der Waals surface area contributed by atoms with Crippen LogP contribution in [0.5, 0.6) is 0 Å². The molecule has 0 aromatic carbocycles. The van der Waals surface area contributed by atoms with Gasteiger partial charge in [0.2, 0.25) is 0 Å². The predicted octanol–water partition coefficient (Wildman–Crippen LogP) is 1.54. The third-order valence-electron chi connectivity index (χ3n) is 3.66. The first-order valence-electron chi connectivity index (χ1n) is 6.10. The number of aryl methyl sites for hydroxylation is 2. The maximum Gasteiger partial charge on any atom is 0.0849 e. The molecule has 0 bridgehead atoms. The third-order valence-corrected chi connectivity index (χ3v) is 4.10. The Hall–Kier alpha value is -0.580. The minimum atomic E-state index is 0.0441. The second-order valence-corrected chi connectivity index (χ2v) is 5.25. The lowest BCUT2D eigenvalue weighted by molar-refractivity contribution is 0.153. The quantitative estimate of drug-likeness (QED) is 0.890. The molecule has 0 saturated carbocycles. The van der Waals surface area contributed by atoms with Crippen molar-refractivity contribution in [1.29, 1.82) is 0 Å². The normalized spacial score (nSPS) is 24.5. The average molecular weight is 258 g/mol. The molecule has 1 atom stereocenters. The van der Waals surface area contributed by atoms with Crippen molar-refractivity contribution in [2.75, 3.05) is 19.8 Å². The van der Waals surface area contributed by atoms with Crippen LogP contribution in [0.4, 0.5) is 0 Å². The Labute approximate surface area is 107 Å². The molecule has 2 heterocycles. The monoisotopic (exact) mass is 257 g/mol. The minimum absolute atomic E-state index is 0.0441. The second kappa shape index (κ2) is 4.96. The molecule has 0 amide bonds. The molecule has 1 aliphatic rings. The number of nitrogens with zero attached hydrogens (tertiary/aromatic N) is 2. The van der Waals surface area contributed by atoms with Crippen molar-refractivity contribution in [3.8, 4) is 0 Å². The van der Waals surface area contributed by atoms with E-state index in [1.54, 1.807) is 0 Å². The topological polar surface area (TPSA) is 53.1 Å². The summed E-state index contributed by atoms with van der Waals surface area (Å²) in [5, 5.41) is 5.24. The standard InChI is InChI=1S/C12H20ClN3O/c1-3-9-11(13)10(16(2)15-9)6-12(7-14)4-5-17-8-12/h3-8,14H2,1-2H3. The van der Waals surface area contributed by atoms with E-state index in [1.807, 2.05) is 11.7 Å². The van der Waals surface area contributed by atoms with Crippen LogP contribution in [0.25, 0.3) is 0 Å². The highest BCUT2D eigenvalue weighted by atomic mass is 35.5. The fourth-order valence-corrected chi connectivity index (χ4v) is 2.75. The van der Waals surface area contributed by atoms with Gasteiger partial charge in [-0.25, -0.2) is 0 Å². The smallest absolute Gasteiger partial charge is 0.0849 e. The summed E-state index contributed by atoms with van der Waals surface area (Å²) < 4.78 is 7.37. The van der Waals surface area contributed by atoms with Gasteiger partial charge >= 0.3 is 0 Å². The highest BCUT2D eigenvalue weighted by molar-refractivity contribution is 6.31. The molecule has 1 unspecified atom stereocenters. The summed E-state index contributed by atoms with van der Waals surface area (Å²) in [5.41, 5.74) is 8.00. The lowest BCUT2D eigenvalue weighted by Crippen LogP contribution is -2.34. The highest BCUT2D eigenvalue weighted by Crippen LogP contribution is 2.34. The Bertz CT molecular complexity index is 397. The van der Waals surface area contributed by atoms with Gasteiger partial charge in [0.25, 0.3) is 0 Å². The maximum atomic E-state index is 6.36. The molecule has 1 aromatic rings. The number of nitrogens with two attached hydrogens (primary N) is 1. The first-order chi connectivity index (χ1) is 8.12. The van der Waals surface area contributed by atoms with Crippen molar-refractivity contribution in [1.82, 2.24) is 9.78 Å². The zero-order valence-electron chi connectivity index (χ0n) is 10.5. The van der Waals surface area contributed by atoms with E-state index in [-0.39, 0.29) is 5.41 Å². The number of hydrogen-bond donors (Lipinski definition) is 1. The van der Waals surface area contributed by atoms with E-state index < -0.39 is 0 Å². The van der Waals surface area contributed by atoms with Gasteiger partial charge in [0.1, 0.15) is 0 Å². The van der Waals surface area contributed by atoms with Crippen LogP contribution in [0.2, 0.25) is 5.02 Å². The molecule has 5 heteroatoms. The van der Waals surface area contributed by atoms with Crippen LogP contribution in [0.1, 0.15) is 24.7 Å². The molecule has 2 N–H and O–H groups in total. The van der Waals surface area contributed by atoms with Gasteiger partial charge in [-0.3, -0.25) is 4.68 Å². The van der Waals surface area contributed by atoms with Crippen LogP contribution >= 0.6 is 11.6 Å². The van der Waals surface area contributed by atoms with Gasteiger partial charge in [-0.2, -0.15) is 5.10 Å². The second-order valence-electron chi connectivity index (χ2n) is 4.87. The van der Waals surface area contributed by atoms with E-state index in [4.69, 9.17) is 22.1 Å². The van der Waals surface area contributed by atoms with E-state index in [0.29, 0.717) is 6.54 Å². The number of halogens is 1. The Balaban J connectivity index is 2.25. The van der Waals surface area contributed by atoms with E-state index in [0.717, 1.165) is 48.9 Å². The summed E-state index contributed by atoms with van der Waals surface area (Å²) in [6.07, 6.45) is 2.72. The van der Waals surface area contributed by atoms with Crippen molar-refractivity contribution in [2.45, 2.75) is 26.2 Å². The van der Waals surface area contributed by atoms with Crippen molar-refractivity contribution in [3.63, 3.8) is 0 Å². The lowest BCUT2D eigenvalue weighted by atomic mass is 9.82. The molecule has 1 saturated heterocycles. The van der Waals surface area contributed by atoms with Crippen molar-refractivity contribution < 1.29 is 4.74 Å². The summed E-state index contributed by atoms with van der Waals surface area (Å²) in [6.45, 7) is 4.23. The van der Waals surface area contributed by atoms with E-state index in [1.165, 1.54) is 0 Å². The van der Waals surface area contributed by atoms with Gasteiger partial charge < -0.3 is 10.5 Å². The Kier molecular flexibility index (Phi) is 3.76. The maximum absolute atomic E-state index is 6.36. The first kappa shape index (κ1) is 12.9. The number of hydrogen-bond acceptors (Lipinski definition) is 3. The summed E-state index contributed by atoms with van der Waals surface area (Å²) in [6, 6.07) is 0. The van der Waals surface area contributed by atoms with Gasteiger partial charge in [-0.15, -0.1) is 0 Å². The van der Waals surface area contributed by atoms with Crippen LogP contribution in [0.3, 0.4) is 0 Å². The summed E-state index contributed by atoms with van der Waals surface area (Å²) in [7, 11) is 1.94. The zero-order chi connectivity index (χ0) is 12.5. The highest BCUT2D eigenvalue weighted by Gasteiger charge is 2.35. The summed E-state index contributed by atoms with van der Waals surface area (Å²) >= 11 is 6.36. The number of aromatic nitrogens is 2. The Morgan fingerprint density at radius 1 is 1.59 bits per heavy atom. The largest absolute Gasteiger partial charge is 0.381 e. The first-order valence-corrected chi connectivity index (χ1v) is 6.48. The van der Waals surface area contributed by atoms with E-state index in [9.17, 15) is 0 Å². The SMILES string of the molecule is CCc1nn(C)c(CC2(CN)CCOC2)c1Cl. The van der Waals surface area contributed by atoms with Crippen LogP contribution in [0, 0.1) is 5.41 Å². The fourth-order valence-electron chi connectivity index (χ4n) is 2.39. The van der Waals surface area contributed by atoms with Crippen molar-refractivity contribution in [3.05, 3.63) is 16.4 Å². The van der Waals surface area contributed by atoms with Crippen LogP contribution in [-0.4, -0.2) is 29.5 Å². The molecule has 2 rings (SSSR count). The van der Waals surface area contributed by atoms with Crippen LogP contribution in [-0.2, 0) is 24.6 Å². The molecule has 0 radical (unpaired) electrons. The molecule has 17 heavy (non-hydrogen) atoms. The summed E-state index contributed by atoms with van der Waals surface area (Å²) in [4.78, 5) is 0. The van der Waals surface area contributed by atoms with Gasteiger partial charge in [0.15, 0.2) is 0 Å². The molecular formula is C12H20ClN3O. The fraction of sp³-hybridized carbons (Fsp3) is 0.750. The van der Waals surface area contributed by atoms with Gasteiger partial charge in [0, 0.05) is 25.6 Å². The third kappa shape index (κ3) is 2.34. The van der Waals surface area contributed by atoms with E-state index in [2.05, 4.69) is 12.0 Å². The van der Waals surface area contributed by atoms with Crippen molar-refractivity contribution in [2.24, 2.45) is 18.2 Å². The Morgan fingerprint density at radius 3 is 2.82 bits per heavy atom. The molecule has 1 aliphatic heterocycles. The molecule has 1 fully saturated rings.